The molecule has 1 unspecified atom stereocenters. The minimum atomic E-state index is -0.392. The van der Waals surface area contributed by atoms with Crippen LogP contribution in [0.3, 0.4) is 0 Å². The largest absolute Gasteiger partial charge is 0.459 e. The number of fused-ring (bicyclic) bond motifs is 1. The zero-order valence-electron chi connectivity index (χ0n) is 10.5. The third kappa shape index (κ3) is 2.47. The fraction of sp³-hybridized carbons (Fsp3) is 0.455. The van der Waals surface area contributed by atoms with Crippen LogP contribution < -0.4 is 0 Å². The highest BCUT2D eigenvalue weighted by atomic mass is 127. The van der Waals surface area contributed by atoms with Crippen molar-refractivity contribution < 1.29 is 14.3 Å². The van der Waals surface area contributed by atoms with E-state index in [9.17, 15) is 4.79 Å². The SMILES string of the molecule is CC(=O)OCc1nc2c(I)nn(C3CCO3)c2nc1Cl. The minimum absolute atomic E-state index is 0.00169. The quantitative estimate of drug-likeness (QED) is 0.571. The van der Waals surface area contributed by atoms with E-state index in [1.165, 1.54) is 6.92 Å². The van der Waals surface area contributed by atoms with Crippen molar-refractivity contribution in [2.24, 2.45) is 0 Å². The van der Waals surface area contributed by atoms with E-state index in [-0.39, 0.29) is 18.0 Å². The Kier molecular flexibility index (Phi) is 3.78. The molecule has 0 aliphatic carbocycles. The van der Waals surface area contributed by atoms with Crippen LogP contribution in [0, 0.1) is 3.70 Å². The first kappa shape index (κ1) is 14.0. The van der Waals surface area contributed by atoms with Gasteiger partial charge in [-0.15, -0.1) is 0 Å². The van der Waals surface area contributed by atoms with Crippen molar-refractivity contribution in [3.05, 3.63) is 14.5 Å². The van der Waals surface area contributed by atoms with Gasteiger partial charge in [-0.05, 0) is 22.6 Å². The van der Waals surface area contributed by atoms with Crippen LogP contribution in [0.5, 0.6) is 0 Å². The lowest BCUT2D eigenvalue weighted by molar-refractivity contribution is -0.142. The summed E-state index contributed by atoms with van der Waals surface area (Å²) in [6.45, 7) is 2.04. The molecule has 9 heteroatoms. The molecular formula is C11H10ClIN4O3. The van der Waals surface area contributed by atoms with Gasteiger partial charge < -0.3 is 9.47 Å². The number of rotatable bonds is 3. The van der Waals surface area contributed by atoms with Crippen molar-refractivity contribution in [3.8, 4) is 0 Å². The second-order valence-corrected chi connectivity index (χ2v) is 5.64. The molecule has 0 saturated carbocycles. The molecule has 0 amide bonds. The first-order chi connectivity index (χ1) is 9.56. The van der Waals surface area contributed by atoms with E-state index in [0.29, 0.717) is 27.2 Å². The van der Waals surface area contributed by atoms with Gasteiger partial charge in [0.05, 0.1) is 6.61 Å². The normalized spacial score (nSPS) is 18.1. The summed E-state index contributed by atoms with van der Waals surface area (Å²) in [5.74, 6) is -0.392. The first-order valence-corrected chi connectivity index (χ1v) is 7.37. The molecule has 0 bridgehead atoms. The Hall–Kier alpha value is -1.00. The molecule has 2 aromatic heterocycles. The zero-order valence-corrected chi connectivity index (χ0v) is 13.4. The molecule has 106 valence electrons. The van der Waals surface area contributed by atoms with Crippen molar-refractivity contribution in [2.45, 2.75) is 26.2 Å². The summed E-state index contributed by atoms with van der Waals surface area (Å²) in [6, 6.07) is 0. The van der Waals surface area contributed by atoms with Crippen LogP contribution >= 0.6 is 34.2 Å². The molecule has 0 aromatic carbocycles. The van der Waals surface area contributed by atoms with Crippen LogP contribution in [0.4, 0.5) is 0 Å². The number of nitrogens with zero attached hydrogens (tertiary/aromatic N) is 4. The van der Waals surface area contributed by atoms with Crippen LogP contribution in [0.2, 0.25) is 5.15 Å². The third-order valence-corrected chi connectivity index (χ3v) is 3.90. The minimum Gasteiger partial charge on any atom is -0.459 e. The fourth-order valence-electron chi connectivity index (χ4n) is 1.81. The number of hydrogen-bond donors (Lipinski definition) is 0. The highest BCUT2D eigenvalue weighted by Gasteiger charge is 2.26. The standard InChI is InChI=1S/C11H10ClIN4O3/c1-5(18)20-4-6-9(12)15-11-8(14-6)10(13)16-17(11)7-2-3-19-7/h7H,2-4H2,1H3. The van der Waals surface area contributed by atoms with Gasteiger partial charge in [0.1, 0.15) is 17.8 Å². The third-order valence-electron chi connectivity index (χ3n) is 2.87. The van der Waals surface area contributed by atoms with Gasteiger partial charge in [-0.25, -0.2) is 14.6 Å². The number of carbonyl (C=O) groups excluding carboxylic acids is 1. The van der Waals surface area contributed by atoms with E-state index < -0.39 is 5.97 Å². The maximum absolute atomic E-state index is 10.9. The van der Waals surface area contributed by atoms with E-state index in [0.717, 1.165) is 6.42 Å². The molecule has 3 heterocycles. The summed E-state index contributed by atoms with van der Waals surface area (Å²) >= 11 is 8.17. The summed E-state index contributed by atoms with van der Waals surface area (Å²) in [5, 5.41) is 4.58. The Labute approximate surface area is 132 Å². The Balaban J connectivity index is 2.02. The van der Waals surface area contributed by atoms with Crippen LogP contribution in [-0.2, 0) is 20.9 Å². The molecule has 1 aliphatic heterocycles. The smallest absolute Gasteiger partial charge is 0.303 e. The summed E-state index contributed by atoms with van der Waals surface area (Å²) in [7, 11) is 0. The zero-order chi connectivity index (χ0) is 14.3. The van der Waals surface area contributed by atoms with Crippen LogP contribution in [0.25, 0.3) is 11.2 Å². The average molecular weight is 409 g/mol. The summed E-state index contributed by atoms with van der Waals surface area (Å²) < 4.78 is 12.7. The van der Waals surface area contributed by atoms with Crippen molar-refractivity contribution in [3.63, 3.8) is 0 Å². The summed E-state index contributed by atoms with van der Waals surface area (Å²) in [5.41, 5.74) is 1.63. The highest BCUT2D eigenvalue weighted by Crippen LogP contribution is 2.29. The highest BCUT2D eigenvalue weighted by molar-refractivity contribution is 14.1. The molecule has 1 fully saturated rings. The van der Waals surface area contributed by atoms with Crippen LogP contribution in [0.15, 0.2) is 0 Å². The van der Waals surface area contributed by atoms with Gasteiger partial charge in [0, 0.05) is 13.3 Å². The van der Waals surface area contributed by atoms with Crippen molar-refractivity contribution in [1.29, 1.82) is 0 Å². The lowest BCUT2D eigenvalue weighted by Crippen LogP contribution is -2.25. The second-order valence-electron chi connectivity index (χ2n) is 4.26. The number of halogens is 2. The Morgan fingerprint density at radius 2 is 2.35 bits per heavy atom. The lowest BCUT2D eigenvalue weighted by atomic mass is 10.3. The second kappa shape index (κ2) is 5.41. The molecular weight excluding hydrogens is 399 g/mol. The first-order valence-electron chi connectivity index (χ1n) is 5.91. The fourth-order valence-corrected chi connectivity index (χ4v) is 2.58. The molecule has 1 saturated heterocycles. The predicted molar refractivity (Wildman–Crippen MR) is 78.1 cm³/mol. The molecule has 0 radical (unpaired) electrons. The summed E-state index contributed by atoms with van der Waals surface area (Å²) in [6.07, 6.45) is 0.784. The van der Waals surface area contributed by atoms with Crippen LogP contribution in [-0.4, -0.2) is 32.3 Å². The Bertz CT molecular complexity index is 686. The van der Waals surface area contributed by atoms with Gasteiger partial charge in [-0.2, -0.15) is 5.10 Å². The molecule has 7 nitrogen and oxygen atoms in total. The Morgan fingerprint density at radius 3 is 2.95 bits per heavy atom. The lowest BCUT2D eigenvalue weighted by Gasteiger charge is -2.26. The van der Waals surface area contributed by atoms with Gasteiger partial charge >= 0.3 is 5.97 Å². The van der Waals surface area contributed by atoms with E-state index in [4.69, 9.17) is 21.1 Å². The topological polar surface area (TPSA) is 79.1 Å². The van der Waals surface area contributed by atoms with E-state index in [1.807, 2.05) is 0 Å². The average Bonchev–Trinajstić information content (AvgIpc) is 2.61. The molecule has 20 heavy (non-hydrogen) atoms. The molecule has 3 rings (SSSR count). The molecule has 1 aliphatic rings. The monoisotopic (exact) mass is 408 g/mol. The molecule has 1 atom stereocenters. The van der Waals surface area contributed by atoms with Gasteiger partial charge in [0.15, 0.2) is 20.7 Å². The number of carbonyl (C=O) groups is 1. The maximum atomic E-state index is 10.9. The number of esters is 1. The number of ether oxygens (including phenoxy) is 2. The van der Waals surface area contributed by atoms with E-state index in [1.54, 1.807) is 4.68 Å². The van der Waals surface area contributed by atoms with E-state index in [2.05, 4.69) is 37.7 Å². The van der Waals surface area contributed by atoms with Crippen molar-refractivity contribution in [1.82, 2.24) is 19.7 Å². The van der Waals surface area contributed by atoms with Crippen molar-refractivity contribution >= 4 is 51.3 Å². The van der Waals surface area contributed by atoms with Crippen LogP contribution in [0.1, 0.15) is 25.3 Å². The molecule has 2 aromatic rings. The molecule has 0 spiro atoms. The summed E-state index contributed by atoms with van der Waals surface area (Å²) in [4.78, 5) is 19.5. The van der Waals surface area contributed by atoms with E-state index >= 15 is 0 Å². The van der Waals surface area contributed by atoms with Gasteiger partial charge in [-0.1, -0.05) is 11.6 Å². The van der Waals surface area contributed by atoms with Gasteiger partial charge in [0.25, 0.3) is 0 Å². The predicted octanol–water partition coefficient (Wildman–Crippen LogP) is 2.07. The number of aromatic nitrogens is 4. The Morgan fingerprint density at radius 1 is 1.60 bits per heavy atom. The number of hydrogen-bond acceptors (Lipinski definition) is 6. The van der Waals surface area contributed by atoms with Gasteiger partial charge in [0.2, 0.25) is 0 Å². The maximum Gasteiger partial charge on any atom is 0.303 e. The molecule has 0 N–H and O–H groups in total. The van der Waals surface area contributed by atoms with Gasteiger partial charge in [-0.3, -0.25) is 4.79 Å². The van der Waals surface area contributed by atoms with Crippen molar-refractivity contribution in [2.75, 3.05) is 6.61 Å².